The second-order valence-corrected chi connectivity index (χ2v) is 8.08. The van der Waals surface area contributed by atoms with E-state index >= 15 is 0 Å². The molecule has 3 heterocycles. The Kier molecular flexibility index (Phi) is 6.21. The zero-order valence-corrected chi connectivity index (χ0v) is 17.1. The molecule has 0 radical (unpaired) electrons. The molecule has 2 aromatic rings. The first kappa shape index (κ1) is 18.7. The molecule has 2 saturated heterocycles. The van der Waals surface area contributed by atoms with Crippen molar-refractivity contribution in [2.75, 3.05) is 49.6 Å². The zero-order chi connectivity index (χ0) is 18.5. The minimum Gasteiger partial charge on any atom is -0.378 e. The lowest BCUT2D eigenvalue weighted by atomic mass is 10.0. The molecular weight excluding hydrogens is 406 g/mol. The van der Waals surface area contributed by atoms with Crippen LogP contribution in [0.2, 0.25) is 0 Å². The number of nitrogens with one attached hydrogen (secondary N) is 1. The van der Waals surface area contributed by atoms with Gasteiger partial charge in [0, 0.05) is 49.4 Å². The van der Waals surface area contributed by atoms with Crippen molar-refractivity contribution in [1.29, 1.82) is 0 Å². The average molecular weight is 432 g/mol. The van der Waals surface area contributed by atoms with Gasteiger partial charge in [-0.1, -0.05) is 28.1 Å². The maximum absolute atomic E-state index is 5.41. The number of rotatable bonds is 5. The first-order valence-corrected chi connectivity index (χ1v) is 10.4. The second-order valence-electron chi connectivity index (χ2n) is 7.17. The Labute approximate surface area is 169 Å². The van der Waals surface area contributed by atoms with E-state index < -0.39 is 0 Å². The number of piperidine rings is 1. The number of halogens is 1. The molecule has 0 bridgehead atoms. The molecule has 0 spiro atoms. The predicted octanol–water partition coefficient (Wildman–Crippen LogP) is 3.15. The van der Waals surface area contributed by atoms with Crippen molar-refractivity contribution in [3.8, 4) is 0 Å². The molecule has 27 heavy (non-hydrogen) atoms. The molecule has 0 aliphatic carbocycles. The first-order valence-electron chi connectivity index (χ1n) is 9.65. The van der Waals surface area contributed by atoms with Gasteiger partial charge < -0.3 is 15.0 Å². The van der Waals surface area contributed by atoms with E-state index in [1.807, 2.05) is 12.3 Å². The van der Waals surface area contributed by atoms with Gasteiger partial charge in [0.05, 0.1) is 13.2 Å². The highest BCUT2D eigenvalue weighted by Gasteiger charge is 2.20. The summed E-state index contributed by atoms with van der Waals surface area (Å²) in [6.07, 6.45) is 4.11. The van der Waals surface area contributed by atoms with Crippen LogP contribution in [-0.2, 0) is 11.3 Å². The Bertz CT molecular complexity index is 745. The number of anilines is 2. The molecule has 2 aliphatic rings. The fraction of sp³-hybridized carbons (Fsp3) is 0.500. The fourth-order valence-electron chi connectivity index (χ4n) is 3.68. The van der Waals surface area contributed by atoms with E-state index in [1.165, 1.54) is 5.56 Å². The van der Waals surface area contributed by atoms with Gasteiger partial charge in [-0.2, -0.15) is 4.98 Å². The van der Waals surface area contributed by atoms with E-state index in [0.717, 1.165) is 75.0 Å². The molecule has 1 aromatic carbocycles. The van der Waals surface area contributed by atoms with Gasteiger partial charge >= 0.3 is 0 Å². The quantitative estimate of drug-likeness (QED) is 0.784. The number of hydrogen-bond donors (Lipinski definition) is 1. The van der Waals surface area contributed by atoms with Gasteiger partial charge in [0.25, 0.3) is 0 Å². The monoisotopic (exact) mass is 431 g/mol. The van der Waals surface area contributed by atoms with Crippen molar-refractivity contribution in [2.24, 2.45) is 0 Å². The molecular formula is C20H26BrN5O. The number of benzene rings is 1. The summed E-state index contributed by atoms with van der Waals surface area (Å²) in [5.74, 6) is 1.73. The van der Waals surface area contributed by atoms with Crippen LogP contribution in [-0.4, -0.2) is 60.3 Å². The van der Waals surface area contributed by atoms with Crippen LogP contribution in [0.25, 0.3) is 0 Å². The normalized spacial score (nSPS) is 19.2. The lowest BCUT2D eigenvalue weighted by Gasteiger charge is -2.33. The van der Waals surface area contributed by atoms with Crippen LogP contribution in [0.5, 0.6) is 0 Å². The van der Waals surface area contributed by atoms with Crippen LogP contribution >= 0.6 is 15.9 Å². The molecule has 0 unspecified atom stereocenters. The van der Waals surface area contributed by atoms with Crippen LogP contribution in [0.1, 0.15) is 18.4 Å². The molecule has 4 rings (SSSR count). The molecule has 1 aromatic heterocycles. The third kappa shape index (κ3) is 5.18. The van der Waals surface area contributed by atoms with E-state index in [4.69, 9.17) is 9.72 Å². The average Bonchev–Trinajstić information content (AvgIpc) is 2.70. The number of likely N-dealkylation sites (tertiary alicyclic amines) is 1. The number of nitrogens with zero attached hydrogens (tertiary/aromatic N) is 4. The third-order valence-corrected chi connectivity index (χ3v) is 5.66. The van der Waals surface area contributed by atoms with Crippen molar-refractivity contribution in [2.45, 2.75) is 25.4 Å². The summed E-state index contributed by atoms with van der Waals surface area (Å²) in [5, 5.41) is 3.61. The van der Waals surface area contributed by atoms with Crippen molar-refractivity contribution < 1.29 is 4.74 Å². The topological polar surface area (TPSA) is 53.5 Å². The standard InChI is InChI=1S/C20H26BrN5O/c21-17-3-1-2-16(14-17)15-25-8-5-18(6-9-25)23-19-4-7-22-20(24-19)26-10-12-27-13-11-26/h1-4,7,14,18H,5-6,8-13,15H2,(H,22,23,24). The van der Waals surface area contributed by atoms with Crippen LogP contribution in [0.15, 0.2) is 41.0 Å². The molecule has 0 amide bonds. The van der Waals surface area contributed by atoms with E-state index in [0.29, 0.717) is 6.04 Å². The summed E-state index contributed by atoms with van der Waals surface area (Å²) in [6, 6.07) is 11.0. The highest BCUT2D eigenvalue weighted by atomic mass is 79.9. The van der Waals surface area contributed by atoms with Crippen molar-refractivity contribution >= 4 is 27.7 Å². The smallest absolute Gasteiger partial charge is 0.227 e. The SMILES string of the molecule is Brc1cccc(CN2CCC(Nc3ccnc(N4CCOCC4)n3)CC2)c1. The molecule has 0 saturated carbocycles. The van der Waals surface area contributed by atoms with Gasteiger partial charge in [0.1, 0.15) is 5.82 Å². The summed E-state index contributed by atoms with van der Waals surface area (Å²) in [6.45, 7) is 6.43. The van der Waals surface area contributed by atoms with E-state index in [9.17, 15) is 0 Å². The maximum atomic E-state index is 5.41. The third-order valence-electron chi connectivity index (χ3n) is 5.17. The number of aromatic nitrogens is 2. The van der Waals surface area contributed by atoms with Crippen molar-refractivity contribution in [3.63, 3.8) is 0 Å². The summed E-state index contributed by atoms with van der Waals surface area (Å²) < 4.78 is 6.56. The summed E-state index contributed by atoms with van der Waals surface area (Å²) in [4.78, 5) is 13.9. The summed E-state index contributed by atoms with van der Waals surface area (Å²) in [7, 11) is 0. The van der Waals surface area contributed by atoms with Gasteiger partial charge in [-0.25, -0.2) is 4.98 Å². The van der Waals surface area contributed by atoms with Crippen molar-refractivity contribution in [3.05, 3.63) is 46.6 Å². The Hall–Kier alpha value is -1.70. The molecule has 1 N–H and O–H groups in total. The first-order chi connectivity index (χ1) is 13.3. The predicted molar refractivity (Wildman–Crippen MR) is 111 cm³/mol. The highest BCUT2D eigenvalue weighted by Crippen LogP contribution is 2.20. The largest absolute Gasteiger partial charge is 0.378 e. The van der Waals surface area contributed by atoms with Gasteiger partial charge in [-0.05, 0) is 36.6 Å². The van der Waals surface area contributed by atoms with E-state index in [2.05, 4.69) is 60.3 Å². The molecule has 144 valence electrons. The molecule has 2 aliphatic heterocycles. The number of ether oxygens (including phenoxy) is 1. The van der Waals surface area contributed by atoms with Gasteiger partial charge in [0.15, 0.2) is 0 Å². The maximum Gasteiger partial charge on any atom is 0.227 e. The minimum absolute atomic E-state index is 0.469. The van der Waals surface area contributed by atoms with Crippen LogP contribution < -0.4 is 10.2 Å². The zero-order valence-electron chi connectivity index (χ0n) is 15.5. The van der Waals surface area contributed by atoms with E-state index in [1.54, 1.807) is 0 Å². The van der Waals surface area contributed by atoms with Crippen LogP contribution in [0.4, 0.5) is 11.8 Å². The lowest BCUT2D eigenvalue weighted by molar-refractivity contribution is 0.122. The number of hydrogen-bond acceptors (Lipinski definition) is 6. The molecule has 6 nitrogen and oxygen atoms in total. The highest BCUT2D eigenvalue weighted by molar-refractivity contribution is 9.10. The van der Waals surface area contributed by atoms with Crippen LogP contribution in [0.3, 0.4) is 0 Å². The number of morpholine rings is 1. The molecule has 2 fully saturated rings. The minimum atomic E-state index is 0.469. The summed E-state index contributed by atoms with van der Waals surface area (Å²) >= 11 is 3.56. The summed E-state index contributed by atoms with van der Waals surface area (Å²) in [5.41, 5.74) is 1.36. The van der Waals surface area contributed by atoms with Crippen LogP contribution in [0, 0.1) is 0 Å². The van der Waals surface area contributed by atoms with E-state index in [-0.39, 0.29) is 0 Å². The Morgan fingerprint density at radius 2 is 1.93 bits per heavy atom. The Morgan fingerprint density at radius 3 is 2.70 bits per heavy atom. The Balaban J connectivity index is 1.29. The lowest BCUT2D eigenvalue weighted by Crippen LogP contribution is -2.39. The van der Waals surface area contributed by atoms with Gasteiger partial charge in [-0.15, -0.1) is 0 Å². The van der Waals surface area contributed by atoms with Gasteiger partial charge in [-0.3, -0.25) is 4.90 Å². The van der Waals surface area contributed by atoms with Crippen molar-refractivity contribution in [1.82, 2.24) is 14.9 Å². The Morgan fingerprint density at radius 1 is 1.11 bits per heavy atom. The fourth-order valence-corrected chi connectivity index (χ4v) is 4.13. The molecule has 0 atom stereocenters. The van der Waals surface area contributed by atoms with Gasteiger partial charge in [0.2, 0.25) is 5.95 Å². The second kappa shape index (κ2) is 8.99. The molecule has 7 heteroatoms.